The van der Waals surface area contributed by atoms with Gasteiger partial charge < -0.3 is 19.9 Å². The second-order valence-corrected chi connectivity index (χ2v) is 5.58. The molecule has 1 aliphatic rings. The predicted octanol–water partition coefficient (Wildman–Crippen LogP) is 1.04. The Morgan fingerprint density at radius 3 is 2.75 bits per heavy atom. The topological polar surface area (TPSA) is 79.3 Å². The number of hydrogen-bond donors (Lipinski definition) is 1. The lowest BCUT2D eigenvalue weighted by molar-refractivity contribution is 0.197. The summed E-state index contributed by atoms with van der Waals surface area (Å²) in [7, 11) is 1.70. The van der Waals surface area contributed by atoms with Gasteiger partial charge in [0.25, 0.3) is 0 Å². The number of piperazine rings is 1. The van der Waals surface area contributed by atoms with Gasteiger partial charge in [-0.2, -0.15) is 10.1 Å². The van der Waals surface area contributed by atoms with E-state index in [2.05, 4.69) is 35.3 Å². The summed E-state index contributed by atoms with van der Waals surface area (Å²) in [5.41, 5.74) is 0. The van der Waals surface area contributed by atoms with Crippen LogP contribution in [0.25, 0.3) is 0 Å². The highest BCUT2D eigenvalue weighted by Gasteiger charge is 2.20. The Bertz CT molecular complexity index is 617. The molecule has 1 aliphatic heterocycles. The Labute approximate surface area is 141 Å². The van der Waals surface area contributed by atoms with Gasteiger partial charge in [-0.1, -0.05) is 6.07 Å². The molecule has 0 saturated carbocycles. The van der Waals surface area contributed by atoms with Gasteiger partial charge in [-0.3, -0.25) is 0 Å². The summed E-state index contributed by atoms with van der Waals surface area (Å²) in [5.74, 6) is 2.44. The molecule has 0 bridgehead atoms. The number of nitrogens with zero attached hydrogens (tertiary/aromatic N) is 6. The maximum absolute atomic E-state index is 5.04. The van der Waals surface area contributed by atoms with Crippen molar-refractivity contribution in [1.29, 1.82) is 0 Å². The van der Waals surface area contributed by atoms with E-state index in [1.54, 1.807) is 13.3 Å². The summed E-state index contributed by atoms with van der Waals surface area (Å²) in [5, 5.41) is 11.5. The molecule has 0 radical (unpaired) electrons. The van der Waals surface area contributed by atoms with Crippen LogP contribution in [-0.4, -0.2) is 66.6 Å². The first-order valence-corrected chi connectivity index (χ1v) is 8.20. The van der Waals surface area contributed by atoms with Crippen LogP contribution >= 0.6 is 0 Å². The van der Waals surface area contributed by atoms with Crippen LogP contribution in [0.4, 0.5) is 17.6 Å². The molecule has 1 N–H and O–H groups in total. The fourth-order valence-electron chi connectivity index (χ4n) is 2.62. The van der Waals surface area contributed by atoms with Crippen molar-refractivity contribution in [3.63, 3.8) is 0 Å². The molecular formula is C16H23N7O. The van der Waals surface area contributed by atoms with Gasteiger partial charge in [0.1, 0.15) is 5.82 Å². The fraction of sp³-hybridized carbons (Fsp3) is 0.500. The number of methoxy groups -OCH3 is 1. The van der Waals surface area contributed by atoms with E-state index >= 15 is 0 Å². The number of aromatic nitrogens is 4. The summed E-state index contributed by atoms with van der Waals surface area (Å²) >= 11 is 0. The third-order valence-corrected chi connectivity index (χ3v) is 3.91. The van der Waals surface area contributed by atoms with E-state index in [9.17, 15) is 0 Å². The summed E-state index contributed by atoms with van der Waals surface area (Å²) in [4.78, 5) is 13.4. The van der Waals surface area contributed by atoms with Crippen LogP contribution in [0.2, 0.25) is 0 Å². The van der Waals surface area contributed by atoms with Crippen molar-refractivity contribution in [2.24, 2.45) is 0 Å². The molecule has 0 unspecified atom stereocenters. The smallest absolute Gasteiger partial charge is 0.247 e. The zero-order chi connectivity index (χ0) is 16.6. The number of pyridine rings is 1. The molecule has 2 aromatic heterocycles. The second kappa shape index (κ2) is 8.39. The van der Waals surface area contributed by atoms with E-state index in [0.717, 1.165) is 57.4 Å². The molecule has 2 aromatic rings. The van der Waals surface area contributed by atoms with Gasteiger partial charge in [0.15, 0.2) is 5.82 Å². The lowest BCUT2D eigenvalue weighted by Gasteiger charge is -2.35. The molecule has 0 spiro atoms. The van der Waals surface area contributed by atoms with Gasteiger partial charge >= 0.3 is 0 Å². The maximum atomic E-state index is 5.04. The van der Waals surface area contributed by atoms with Gasteiger partial charge in [-0.05, 0) is 18.6 Å². The molecule has 0 atom stereocenters. The van der Waals surface area contributed by atoms with Crippen LogP contribution in [0.3, 0.4) is 0 Å². The van der Waals surface area contributed by atoms with Crippen LogP contribution in [0.5, 0.6) is 0 Å². The molecule has 24 heavy (non-hydrogen) atoms. The Hall–Kier alpha value is -2.48. The highest BCUT2D eigenvalue weighted by molar-refractivity contribution is 5.43. The molecule has 3 heterocycles. The highest BCUT2D eigenvalue weighted by Crippen LogP contribution is 2.16. The summed E-state index contributed by atoms with van der Waals surface area (Å²) in [6.07, 6.45) is 4.41. The number of nitrogens with one attached hydrogen (secondary N) is 1. The fourth-order valence-corrected chi connectivity index (χ4v) is 2.62. The van der Waals surface area contributed by atoms with Gasteiger partial charge in [-0.15, -0.1) is 5.10 Å². The maximum Gasteiger partial charge on any atom is 0.247 e. The third kappa shape index (κ3) is 4.29. The number of ether oxygens (including phenoxy) is 1. The lowest BCUT2D eigenvalue weighted by Crippen LogP contribution is -2.47. The Morgan fingerprint density at radius 1 is 1.17 bits per heavy atom. The molecule has 0 aliphatic carbocycles. The van der Waals surface area contributed by atoms with Crippen LogP contribution < -0.4 is 15.1 Å². The Kier molecular flexibility index (Phi) is 5.73. The Morgan fingerprint density at radius 2 is 2.00 bits per heavy atom. The average Bonchev–Trinajstić information content (AvgIpc) is 2.66. The van der Waals surface area contributed by atoms with E-state index in [1.165, 1.54) is 0 Å². The number of rotatable bonds is 7. The summed E-state index contributed by atoms with van der Waals surface area (Å²) < 4.78 is 5.04. The molecule has 3 rings (SSSR count). The number of hydrogen-bond acceptors (Lipinski definition) is 8. The minimum absolute atomic E-state index is 0.674. The largest absolute Gasteiger partial charge is 0.385 e. The minimum atomic E-state index is 0.674. The van der Waals surface area contributed by atoms with E-state index in [0.29, 0.717) is 5.95 Å². The van der Waals surface area contributed by atoms with Gasteiger partial charge in [-0.25, -0.2) is 4.98 Å². The predicted molar refractivity (Wildman–Crippen MR) is 93.5 cm³/mol. The monoisotopic (exact) mass is 329 g/mol. The minimum Gasteiger partial charge on any atom is -0.385 e. The molecule has 8 nitrogen and oxygen atoms in total. The number of anilines is 3. The Balaban J connectivity index is 1.54. The van der Waals surface area contributed by atoms with Crippen molar-refractivity contribution < 1.29 is 4.74 Å². The zero-order valence-corrected chi connectivity index (χ0v) is 13.9. The van der Waals surface area contributed by atoms with Crippen LogP contribution in [-0.2, 0) is 4.74 Å². The zero-order valence-electron chi connectivity index (χ0n) is 13.9. The van der Waals surface area contributed by atoms with Crippen molar-refractivity contribution in [2.75, 3.05) is 61.6 Å². The second-order valence-electron chi connectivity index (χ2n) is 5.58. The van der Waals surface area contributed by atoms with Crippen LogP contribution in [0, 0.1) is 0 Å². The first-order valence-electron chi connectivity index (χ1n) is 8.20. The molecule has 0 amide bonds. The lowest BCUT2D eigenvalue weighted by atomic mass is 10.3. The third-order valence-electron chi connectivity index (χ3n) is 3.91. The summed E-state index contributed by atoms with van der Waals surface area (Å²) in [6.45, 7) is 5.03. The normalized spacial score (nSPS) is 14.7. The SMILES string of the molecule is COCCCNc1cnnc(N2CCN(c3ccccn3)CC2)n1. The van der Waals surface area contributed by atoms with Gasteiger partial charge in [0, 0.05) is 52.6 Å². The van der Waals surface area contributed by atoms with E-state index < -0.39 is 0 Å². The molecule has 0 aromatic carbocycles. The highest BCUT2D eigenvalue weighted by atomic mass is 16.5. The van der Waals surface area contributed by atoms with Crippen LogP contribution in [0.1, 0.15) is 6.42 Å². The van der Waals surface area contributed by atoms with E-state index in [-0.39, 0.29) is 0 Å². The van der Waals surface area contributed by atoms with Gasteiger partial charge in [0.2, 0.25) is 5.95 Å². The molecule has 128 valence electrons. The first kappa shape index (κ1) is 16.4. The van der Waals surface area contributed by atoms with Crippen molar-refractivity contribution in [3.8, 4) is 0 Å². The standard InChI is InChI=1S/C16H23N7O/c1-24-12-4-7-17-14-13-19-21-16(20-14)23-10-8-22(9-11-23)15-5-2-3-6-18-15/h2-3,5-6,13H,4,7-12H2,1H3,(H,17,20,21). The molecule has 8 heteroatoms. The van der Waals surface area contributed by atoms with Crippen molar-refractivity contribution in [2.45, 2.75) is 6.42 Å². The summed E-state index contributed by atoms with van der Waals surface area (Å²) in [6, 6.07) is 5.99. The van der Waals surface area contributed by atoms with Crippen molar-refractivity contribution in [1.82, 2.24) is 20.2 Å². The van der Waals surface area contributed by atoms with Crippen molar-refractivity contribution >= 4 is 17.6 Å². The van der Waals surface area contributed by atoms with Crippen LogP contribution in [0.15, 0.2) is 30.6 Å². The molecular weight excluding hydrogens is 306 g/mol. The molecule has 1 saturated heterocycles. The van der Waals surface area contributed by atoms with Gasteiger partial charge in [0.05, 0.1) is 6.20 Å². The van der Waals surface area contributed by atoms with E-state index in [1.807, 2.05) is 24.4 Å². The first-order chi connectivity index (χ1) is 11.9. The quantitative estimate of drug-likeness (QED) is 0.755. The van der Waals surface area contributed by atoms with E-state index in [4.69, 9.17) is 4.74 Å². The molecule has 1 fully saturated rings. The van der Waals surface area contributed by atoms with Crippen molar-refractivity contribution in [3.05, 3.63) is 30.6 Å². The average molecular weight is 329 g/mol.